The summed E-state index contributed by atoms with van der Waals surface area (Å²) in [4.78, 5) is 39.1. The van der Waals surface area contributed by atoms with Crippen molar-refractivity contribution in [2.45, 2.75) is 67.2 Å². The third-order valence-corrected chi connectivity index (χ3v) is 10.9. The highest BCUT2D eigenvalue weighted by atomic mass is 16.6. The minimum atomic E-state index is -0.334. The Morgan fingerprint density at radius 1 is 0.821 bits per heavy atom. The molecule has 5 aliphatic heterocycles. The van der Waals surface area contributed by atoms with Crippen LogP contribution in [0.5, 0.6) is 0 Å². The van der Waals surface area contributed by atoms with Crippen molar-refractivity contribution in [3.05, 3.63) is 91.5 Å². The molecule has 0 aromatic rings. The fourth-order valence-corrected chi connectivity index (χ4v) is 7.83. The van der Waals surface area contributed by atoms with Crippen LogP contribution in [-0.2, 0) is 38.0 Å². The van der Waals surface area contributed by atoms with Crippen molar-refractivity contribution in [1.29, 1.82) is 0 Å². The summed E-state index contributed by atoms with van der Waals surface area (Å²) >= 11 is 0. The van der Waals surface area contributed by atoms with Crippen LogP contribution < -0.4 is 5.32 Å². The molecular weight excluding hydrogens is 716 g/mol. The smallest absolute Gasteiger partial charge is 0.305 e. The molecule has 0 spiro atoms. The normalized spacial score (nSPS) is 21.4. The molecule has 1 saturated heterocycles. The molecule has 8 bridgehead atoms. The number of nitrogens with one attached hydrogen (secondary N) is 1. The zero-order valence-electron chi connectivity index (χ0n) is 33.6. The van der Waals surface area contributed by atoms with Crippen LogP contribution in [0.2, 0.25) is 0 Å². The maximum absolute atomic E-state index is 13.0. The van der Waals surface area contributed by atoms with Crippen LogP contribution in [0.25, 0.3) is 0 Å². The van der Waals surface area contributed by atoms with E-state index in [1.807, 2.05) is 13.0 Å². The zero-order chi connectivity index (χ0) is 39.9. The lowest BCUT2D eigenvalue weighted by Gasteiger charge is -2.17. The predicted molar refractivity (Wildman–Crippen MR) is 213 cm³/mol. The third-order valence-electron chi connectivity index (χ3n) is 10.9. The summed E-state index contributed by atoms with van der Waals surface area (Å²) in [6.07, 6.45) is 8.13. The van der Waals surface area contributed by atoms with Gasteiger partial charge in [0, 0.05) is 66.8 Å². The number of carbonyl (C=O) groups is 2. The summed E-state index contributed by atoms with van der Waals surface area (Å²) < 4.78 is 32.4. The van der Waals surface area contributed by atoms with Crippen LogP contribution in [0, 0.1) is 11.8 Å². The van der Waals surface area contributed by atoms with E-state index in [2.05, 4.69) is 45.2 Å². The molecule has 1 fully saturated rings. The van der Waals surface area contributed by atoms with Gasteiger partial charge in [-0.25, -0.2) is 15.0 Å². The Kier molecular flexibility index (Phi) is 13.5. The molecule has 0 saturated carbocycles. The minimum Gasteiger partial charge on any atom is -0.511 e. The van der Waals surface area contributed by atoms with Gasteiger partial charge in [0.1, 0.15) is 19.0 Å². The van der Waals surface area contributed by atoms with Crippen molar-refractivity contribution < 1.29 is 43.1 Å². The van der Waals surface area contributed by atoms with Gasteiger partial charge >= 0.3 is 11.9 Å². The lowest BCUT2D eigenvalue weighted by atomic mass is 9.86. The predicted octanol–water partition coefficient (Wildman–Crippen LogP) is 6.24. The number of rotatable bonds is 18. The van der Waals surface area contributed by atoms with Gasteiger partial charge in [-0.15, -0.1) is 0 Å². The summed E-state index contributed by atoms with van der Waals surface area (Å²) in [5.74, 6) is -0.384. The molecule has 2 atom stereocenters. The number of nitrogens with zero attached hydrogens (tertiary/aromatic N) is 3. The molecule has 56 heavy (non-hydrogen) atoms. The second-order valence-corrected chi connectivity index (χ2v) is 14.5. The van der Waals surface area contributed by atoms with Crippen molar-refractivity contribution in [2.24, 2.45) is 26.8 Å². The van der Waals surface area contributed by atoms with Gasteiger partial charge in [-0.1, -0.05) is 13.8 Å². The number of hydrogen-bond donors (Lipinski definition) is 2. The van der Waals surface area contributed by atoms with E-state index in [-0.39, 0.29) is 50.0 Å². The van der Waals surface area contributed by atoms with Gasteiger partial charge in [-0.3, -0.25) is 9.59 Å². The quantitative estimate of drug-likeness (QED) is 0.121. The Balaban J connectivity index is 1.16. The molecule has 1 aliphatic carbocycles. The fraction of sp³-hybridized carbons (Fsp3) is 0.512. The van der Waals surface area contributed by atoms with E-state index in [0.29, 0.717) is 58.2 Å². The molecule has 6 rings (SSSR count). The highest BCUT2D eigenvalue weighted by Crippen LogP contribution is 2.46. The second-order valence-electron chi connectivity index (χ2n) is 14.5. The number of ether oxygens (including phenoxy) is 6. The number of carbonyl (C=O) groups excluding carboxylic acids is 2. The van der Waals surface area contributed by atoms with E-state index >= 15 is 0 Å². The van der Waals surface area contributed by atoms with Crippen LogP contribution in [0.4, 0.5) is 0 Å². The molecular formula is C43H54N4O9. The molecule has 13 heteroatoms. The number of aliphatic hydroxyl groups is 1. The Bertz CT molecular complexity index is 1980. The highest BCUT2D eigenvalue weighted by molar-refractivity contribution is 6.21. The molecule has 300 valence electrons. The first kappa shape index (κ1) is 41.0. The minimum absolute atomic E-state index is 0.0134. The lowest BCUT2D eigenvalue weighted by Crippen LogP contribution is -2.17. The molecule has 13 nitrogen and oxygen atoms in total. The summed E-state index contributed by atoms with van der Waals surface area (Å²) in [7, 11) is 1.69. The molecule has 2 N–H and O–H groups in total. The van der Waals surface area contributed by atoms with Gasteiger partial charge in [0.05, 0.1) is 80.5 Å². The van der Waals surface area contributed by atoms with Crippen LogP contribution in [0.3, 0.4) is 0 Å². The fourth-order valence-electron chi connectivity index (χ4n) is 7.83. The first-order valence-electron chi connectivity index (χ1n) is 19.5. The van der Waals surface area contributed by atoms with Crippen molar-refractivity contribution in [3.8, 4) is 0 Å². The van der Waals surface area contributed by atoms with Gasteiger partial charge in [0.2, 0.25) is 0 Å². The molecule has 0 aromatic heterocycles. The molecule has 0 aromatic carbocycles. The van der Waals surface area contributed by atoms with E-state index in [4.69, 9.17) is 43.4 Å². The van der Waals surface area contributed by atoms with Crippen LogP contribution in [-0.4, -0.2) is 101 Å². The van der Waals surface area contributed by atoms with Crippen molar-refractivity contribution in [2.75, 3.05) is 66.6 Å². The van der Waals surface area contributed by atoms with Gasteiger partial charge in [-0.05, 0) is 74.1 Å². The van der Waals surface area contributed by atoms with E-state index < -0.39 is 0 Å². The zero-order valence-corrected chi connectivity index (χ0v) is 33.6. The summed E-state index contributed by atoms with van der Waals surface area (Å²) in [6, 6.07) is 0. The van der Waals surface area contributed by atoms with Crippen molar-refractivity contribution >= 4 is 29.1 Å². The average molecular weight is 771 g/mol. The number of aliphatic imine (C=N–C) groups is 3. The molecule has 6 aliphatic rings. The van der Waals surface area contributed by atoms with Gasteiger partial charge < -0.3 is 38.8 Å². The Morgan fingerprint density at radius 2 is 1.43 bits per heavy atom. The topological polar surface area (TPSA) is 159 Å². The van der Waals surface area contributed by atoms with Crippen LogP contribution >= 0.6 is 0 Å². The SMILES string of the molecule is CCC1=C(C)C2=NC1=CC1=C(C)C3=C(O)CC(=C4NC(=CC5=NC(=C2)C(COC)=C5C)[C@@H](C)C4CCC(=O)OCCOCCOCCOCCOC(C)=O)C3=N1. The Hall–Kier alpha value is -4.69. The third kappa shape index (κ3) is 8.96. The summed E-state index contributed by atoms with van der Waals surface area (Å²) in [6.45, 7) is 14.7. The second kappa shape index (κ2) is 18.5. The van der Waals surface area contributed by atoms with E-state index in [1.54, 1.807) is 7.11 Å². The van der Waals surface area contributed by atoms with Gasteiger partial charge in [0.25, 0.3) is 0 Å². The van der Waals surface area contributed by atoms with Crippen LogP contribution in [0.1, 0.15) is 67.2 Å². The first-order valence-corrected chi connectivity index (χ1v) is 19.5. The van der Waals surface area contributed by atoms with Gasteiger partial charge in [-0.2, -0.15) is 0 Å². The molecule has 5 heterocycles. The monoisotopic (exact) mass is 770 g/mol. The molecule has 0 amide bonds. The number of methoxy groups -OCH3 is 1. The maximum atomic E-state index is 13.0. The summed E-state index contributed by atoms with van der Waals surface area (Å²) in [5.41, 5.74) is 13.9. The number of allylic oxidation sites excluding steroid dienone is 11. The Morgan fingerprint density at radius 3 is 2.07 bits per heavy atom. The average Bonchev–Trinajstić information content (AvgIpc) is 3.92. The number of hydrogen-bond acceptors (Lipinski definition) is 13. The van der Waals surface area contributed by atoms with Crippen LogP contribution in [0.15, 0.2) is 106 Å². The molecule has 0 radical (unpaired) electrons. The van der Waals surface area contributed by atoms with Gasteiger partial charge in [0.15, 0.2) is 0 Å². The standard InChI is InChI=1S/C43H54N4O9/c1-8-29-24(2)34-21-38-32(23-51-7)26(4)33(45-38)20-35-25(3)30(9-10-40(50)56-18-16-54-14-12-52-11-13-53-15-17-55-28(6)48)42(46-35)31-19-39(49)41-27(5)36(47-43(31)41)22-37(29)44-34/h20-22,25,30,46,49H,8-19,23H2,1-7H3/t25-,30?/m0/s1. The summed E-state index contributed by atoms with van der Waals surface area (Å²) in [5, 5.41) is 15.1. The van der Waals surface area contributed by atoms with E-state index in [0.717, 1.165) is 91.1 Å². The van der Waals surface area contributed by atoms with E-state index in [1.165, 1.54) is 6.92 Å². The van der Waals surface area contributed by atoms with Crippen molar-refractivity contribution in [1.82, 2.24) is 5.32 Å². The highest BCUT2D eigenvalue weighted by Gasteiger charge is 2.41. The first-order chi connectivity index (χ1) is 27.0. The van der Waals surface area contributed by atoms with Crippen molar-refractivity contribution in [3.63, 3.8) is 0 Å². The molecule has 1 unspecified atom stereocenters. The lowest BCUT2D eigenvalue weighted by molar-refractivity contribution is -0.145. The van der Waals surface area contributed by atoms with E-state index in [9.17, 15) is 14.7 Å². The largest absolute Gasteiger partial charge is 0.511 e. The number of esters is 2. The maximum Gasteiger partial charge on any atom is 0.305 e. The Labute approximate surface area is 329 Å². The number of aliphatic hydroxyl groups excluding tert-OH is 1. The number of fused-ring (bicyclic) bond motifs is 5.